The van der Waals surface area contributed by atoms with Gasteiger partial charge in [0.2, 0.25) is 5.91 Å². The Hall–Kier alpha value is -1.26. The Morgan fingerprint density at radius 1 is 1.20 bits per heavy atom. The largest absolute Gasteiger partial charge is 0.480 e. The van der Waals surface area contributed by atoms with E-state index in [4.69, 9.17) is 28.3 Å². The fourth-order valence-electron chi connectivity index (χ4n) is 1.75. The average molecular weight is 318 g/mol. The normalized spacial score (nSPS) is 11.2. The monoisotopic (exact) mass is 317 g/mol. The van der Waals surface area contributed by atoms with Crippen molar-refractivity contribution in [1.29, 1.82) is 0 Å². The van der Waals surface area contributed by atoms with Gasteiger partial charge in [0.05, 0.1) is 16.5 Å². The molecular formula is C14H17Cl2NO3. The Kier molecular flexibility index (Phi) is 5.42. The number of amides is 1. The molecule has 6 heteroatoms. The number of carboxylic acid groups (broad SMARTS) is 1. The minimum absolute atomic E-state index is 0.0848. The first kappa shape index (κ1) is 16.8. The first-order chi connectivity index (χ1) is 9.11. The van der Waals surface area contributed by atoms with Crippen LogP contribution in [0.5, 0.6) is 0 Å². The van der Waals surface area contributed by atoms with Crippen LogP contribution in [0.1, 0.15) is 26.3 Å². The maximum atomic E-state index is 12.3. The third-order valence-electron chi connectivity index (χ3n) is 2.74. The van der Waals surface area contributed by atoms with Crippen LogP contribution in [0.15, 0.2) is 18.2 Å². The summed E-state index contributed by atoms with van der Waals surface area (Å²) >= 11 is 11.7. The number of carboxylic acids is 1. The molecule has 0 aliphatic heterocycles. The van der Waals surface area contributed by atoms with E-state index in [0.717, 1.165) is 0 Å². The predicted octanol–water partition coefficient (Wildman–Crippen LogP) is 3.25. The number of nitrogens with zero attached hydrogens (tertiary/aromatic N) is 1. The molecule has 0 atom stereocenters. The van der Waals surface area contributed by atoms with Crippen LogP contribution in [0.3, 0.4) is 0 Å². The van der Waals surface area contributed by atoms with Crippen molar-refractivity contribution in [2.24, 2.45) is 0 Å². The van der Waals surface area contributed by atoms with Crippen molar-refractivity contribution in [3.8, 4) is 0 Å². The number of hydrogen-bond acceptors (Lipinski definition) is 2. The van der Waals surface area contributed by atoms with Gasteiger partial charge in [-0.2, -0.15) is 0 Å². The van der Waals surface area contributed by atoms with Crippen molar-refractivity contribution in [3.63, 3.8) is 0 Å². The zero-order valence-corrected chi connectivity index (χ0v) is 13.1. The number of hydrogen-bond donors (Lipinski definition) is 1. The summed E-state index contributed by atoms with van der Waals surface area (Å²) in [6.07, 6.45) is 0.0848. The van der Waals surface area contributed by atoms with E-state index in [2.05, 4.69) is 0 Å². The van der Waals surface area contributed by atoms with Crippen LogP contribution in [0.4, 0.5) is 0 Å². The molecule has 0 aromatic heterocycles. The molecule has 0 aliphatic rings. The Morgan fingerprint density at radius 3 is 2.25 bits per heavy atom. The third-order valence-corrected chi connectivity index (χ3v) is 3.48. The molecule has 4 nitrogen and oxygen atoms in total. The van der Waals surface area contributed by atoms with Gasteiger partial charge in [-0.1, -0.05) is 29.3 Å². The highest BCUT2D eigenvalue weighted by atomic mass is 35.5. The highest BCUT2D eigenvalue weighted by Crippen LogP contribution is 2.23. The van der Waals surface area contributed by atoms with Crippen LogP contribution >= 0.6 is 23.2 Å². The maximum Gasteiger partial charge on any atom is 0.323 e. The number of halogens is 2. The molecule has 0 saturated carbocycles. The molecule has 110 valence electrons. The summed E-state index contributed by atoms with van der Waals surface area (Å²) in [6, 6.07) is 4.93. The summed E-state index contributed by atoms with van der Waals surface area (Å²) < 4.78 is 0. The molecule has 1 amide bonds. The zero-order valence-electron chi connectivity index (χ0n) is 11.6. The van der Waals surface area contributed by atoms with Gasteiger partial charge in [-0.3, -0.25) is 9.59 Å². The summed E-state index contributed by atoms with van der Waals surface area (Å²) in [5.74, 6) is -1.30. The topological polar surface area (TPSA) is 57.6 Å². The van der Waals surface area contributed by atoms with Crippen LogP contribution in [-0.4, -0.2) is 34.0 Å². The smallest absolute Gasteiger partial charge is 0.323 e. The minimum atomic E-state index is -1.04. The van der Waals surface area contributed by atoms with Crippen LogP contribution in [0, 0.1) is 0 Å². The summed E-state index contributed by atoms with van der Waals surface area (Å²) in [7, 11) is 0. The van der Waals surface area contributed by atoms with Crippen LogP contribution in [0.2, 0.25) is 10.0 Å². The summed E-state index contributed by atoms with van der Waals surface area (Å²) in [5.41, 5.74) is 0.134. The van der Waals surface area contributed by atoms with E-state index in [0.29, 0.717) is 15.6 Å². The Balaban J connectivity index is 2.90. The molecule has 0 fully saturated rings. The molecular weight excluding hydrogens is 301 g/mol. The molecule has 1 N–H and O–H groups in total. The summed E-state index contributed by atoms with van der Waals surface area (Å²) in [6.45, 7) is 5.05. The number of carbonyl (C=O) groups excluding carboxylic acids is 1. The molecule has 1 aromatic carbocycles. The van der Waals surface area contributed by atoms with E-state index in [1.165, 1.54) is 4.90 Å². The Morgan fingerprint density at radius 2 is 1.80 bits per heavy atom. The van der Waals surface area contributed by atoms with Crippen molar-refractivity contribution in [2.45, 2.75) is 32.7 Å². The highest BCUT2D eigenvalue weighted by molar-refractivity contribution is 6.42. The molecule has 1 aromatic rings. The second-order valence-corrected chi connectivity index (χ2v) is 6.28. The number of aliphatic carboxylic acids is 1. The van der Waals surface area contributed by atoms with E-state index >= 15 is 0 Å². The molecule has 0 aliphatic carbocycles. The lowest BCUT2D eigenvalue weighted by atomic mass is 10.0. The minimum Gasteiger partial charge on any atom is -0.480 e. The van der Waals surface area contributed by atoms with Crippen molar-refractivity contribution in [1.82, 2.24) is 4.90 Å². The van der Waals surface area contributed by atoms with E-state index in [1.807, 2.05) is 0 Å². The SMILES string of the molecule is CC(C)(C)N(CC(=O)O)C(=O)Cc1ccc(Cl)c(Cl)c1. The van der Waals surface area contributed by atoms with Crippen molar-refractivity contribution in [3.05, 3.63) is 33.8 Å². The fourth-order valence-corrected chi connectivity index (χ4v) is 2.08. The van der Waals surface area contributed by atoms with Gasteiger partial charge in [-0.05, 0) is 38.5 Å². The molecule has 1 rings (SSSR count). The number of rotatable bonds is 4. The Labute approximate surface area is 128 Å². The average Bonchev–Trinajstić information content (AvgIpc) is 2.29. The van der Waals surface area contributed by atoms with Gasteiger partial charge in [0.15, 0.2) is 0 Å². The van der Waals surface area contributed by atoms with Gasteiger partial charge in [-0.15, -0.1) is 0 Å². The molecule has 0 saturated heterocycles. The fraction of sp³-hybridized carbons (Fsp3) is 0.429. The summed E-state index contributed by atoms with van der Waals surface area (Å²) in [4.78, 5) is 24.5. The van der Waals surface area contributed by atoms with Crippen LogP contribution < -0.4 is 0 Å². The zero-order chi connectivity index (χ0) is 15.5. The first-order valence-corrected chi connectivity index (χ1v) is 6.83. The third kappa shape index (κ3) is 4.69. The van der Waals surface area contributed by atoms with Gasteiger partial charge in [0.25, 0.3) is 0 Å². The quantitative estimate of drug-likeness (QED) is 0.927. The number of benzene rings is 1. The van der Waals surface area contributed by atoms with E-state index < -0.39 is 11.5 Å². The Bertz CT molecular complexity index is 524. The van der Waals surface area contributed by atoms with Crippen LogP contribution in [-0.2, 0) is 16.0 Å². The molecule has 0 radical (unpaired) electrons. The lowest BCUT2D eigenvalue weighted by molar-refractivity contribution is -0.147. The van der Waals surface area contributed by atoms with E-state index in [9.17, 15) is 9.59 Å². The molecule has 20 heavy (non-hydrogen) atoms. The first-order valence-electron chi connectivity index (χ1n) is 6.07. The molecule has 0 heterocycles. The van der Waals surface area contributed by atoms with Gasteiger partial charge >= 0.3 is 5.97 Å². The summed E-state index contributed by atoms with van der Waals surface area (Å²) in [5, 5.41) is 9.70. The maximum absolute atomic E-state index is 12.3. The van der Waals surface area contributed by atoms with E-state index in [-0.39, 0.29) is 18.9 Å². The van der Waals surface area contributed by atoms with E-state index in [1.54, 1.807) is 39.0 Å². The van der Waals surface area contributed by atoms with Crippen molar-refractivity contribution in [2.75, 3.05) is 6.54 Å². The van der Waals surface area contributed by atoms with Crippen LogP contribution in [0.25, 0.3) is 0 Å². The molecule has 0 spiro atoms. The van der Waals surface area contributed by atoms with Gasteiger partial charge < -0.3 is 10.0 Å². The highest BCUT2D eigenvalue weighted by Gasteiger charge is 2.28. The molecule has 0 unspecified atom stereocenters. The van der Waals surface area contributed by atoms with Crippen molar-refractivity contribution < 1.29 is 14.7 Å². The van der Waals surface area contributed by atoms with Gasteiger partial charge in [0.1, 0.15) is 6.54 Å². The standard InChI is InChI=1S/C14H17Cl2NO3/c1-14(2,3)17(8-13(19)20)12(18)7-9-4-5-10(15)11(16)6-9/h4-6H,7-8H2,1-3H3,(H,19,20). The van der Waals surface area contributed by atoms with Gasteiger partial charge in [-0.25, -0.2) is 0 Å². The second kappa shape index (κ2) is 6.46. The second-order valence-electron chi connectivity index (χ2n) is 5.47. The lowest BCUT2D eigenvalue weighted by Crippen LogP contribution is -2.48. The van der Waals surface area contributed by atoms with Crippen molar-refractivity contribution >= 4 is 35.1 Å². The number of carbonyl (C=O) groups is 2. The van der Waals surface area contributed by atoms with Gasteiger partial charge in [0, 0.05) is 5.54 Å². The lowest BCUT2D eigenvalue weighted by Gasteiger charge is -2.34. The predicted molar refractivity (Wildman–Crippen MR) is 79.3 cm³/mol. The molecule has 0 bridgehead atoms.